The molecule has 4 N–H and O–H groups in total. The van der Waals surface area contributed by atoms with Crippen LogP contribution in [0.5, 0.6) is 0 Å². The summed E-state index contributed by atoms with van der Waals surface area (Å²) in [5.41, 5.74) is 0. The highest BCUT2D eigenvalue weighted by molar-refractivity contribution is 5.70. The van der Waals surface area contributed by atoms with Crippen LogP contribution in [0.4, 0.5) is 0 Å². The molecule has 0 radical (unpaired) electrons. The standard InChI is InChI=1S/C18H32N4O8/c23-15(24)11-19-3-1-4-20(12-16(25)26)8-10-22(14-18(29)30)6-2-5-21(9-7-19)13-17(27)28/h1-14H2,(H,23,24)(H,25,26)(H,27,28)(H,29,30)/i11D2,12D2,13D2,14D2. The lowest BCUT2D eigenvalue weighted by molar-refractivity contribution is -0.140. The fraction of sp³-hybridized carbons (Fsp3) is 0.778. The monoisotopic (exact) mass is 440 g/mol. The molecule has 1 aliphatic rings. The summed E-state index contributed by atoms with van der Waals surface area (Å²) in [4.78, 5) is 49.3. The Bertz CT molecular complexity index is 756. The van der Waals surface area contributed by atoms with E-state index in [1.54, 1.807) is 0 Å². The lowest BCUT2D eigenvalue weighted by atomic mass is 10.2. The largest absolute Gasteiger partial charge is 0.480 e. The van der Waals surface area contributed by atoms with Crippen LogP contribution in [-0.2, 0) is 19.2 Å². The van der Waals surface area contributed by atoms with Gasteiger partial charge >= 0.3 is 23.9 Å². The van der Waals surface area contributed by atoms with Gasteiger partial charge in [0, 0.05) is 52.4 Å². The third-order valence-corrected chi connectivity index (χ3v) is 4.01. The van der Waals surface area contributed by atoms with Gasteiger partial charge in [0.2, 0.25) is 0 Å². The van der Waals surface area contributed by atoms with Gasteiger partial charge in [-0.25, -0.2) is 0 Å². The van der Waals surface area contributed by atoms with Crippen molar-refractivity contribution in [3.8, 4) is 0 Å². The van der Waals surface area contributed by atoms with Gasteiger partial charge in [-0.2, -0.15) is 0 Å². The first-order valence-corrected chi connectivity index (χ1v) is 9.14. The quantitative estimate of drug-likeness (QED) is 0.340. The summed E-state index contributed by atoms with van der Waals surface area (Å²) >= 11 is 0. The summed E-state index contributed by atoms with van der Waals surface area (Å²) in [7, 11) is 0. The molecule has 30 heavy (non-hydrogen) atoms. The second-order valence-corrected chi connectivity index (χ2v) is 6.32. The molecule has 0 saturated carbocycles. The number of carboxylic acid groups (broad SMARTS) is 4. The molecule has 12 nitrogen and oxygen atoms in total. The third kappa shape index (κ3) is 12.3. The molecule has 172 valence electrons. The van der Waals surface area contributed by atoms with Gasteiger partial charge in [0.1, 0.15) is 0 Å². The zero-order valence-electron chi connectivity index (χ0n) is 24.3. The highest BCUT2D eigenvalue weighted by Crippen LogP contribution is 2.03. The molecule has 0 bridgehead atoms. The van der Waals surface area contributed by atoms with Crippen LogP contribution in [0.3, 0.4) is 0 Å². The highest BCUT2D eigenvalue weighted by Gasteiger charge is 2.18. The van der Waals surface area contributed by atoms with E-state index >= 15 is 0 Å². The maximum absolute atomic E-state index is 11.5. The first-order chi connectivity index (χ1) is 17.2. The molecular formula is C18H32N4O8. The minimum absolute atomic E-state index is 0.197. The van der Waals surface area contributed by atoms with Crippen LogP contribution in [0.1, 0.15) is 23.8 Å². The van der Waals surface area contributed by atoms with E-state index in [-0.39, 0.29) is 39.0 Å². The Morgan fingerprint density at radius 1 is 0.500 bits per heavy atom. The summed E-state index contributed by atoms with van der Waals surface area (Å²) in [5.74, 6) is -7.52. The molecule has 0 aliphatic carbocycles. The number of carbonyl (C=O) groups is 4. The normalized spacial score (nSPS) is 25.6. The molecular weight excluding hydrogens is 400 g/mol. The van der Waals surface area contributed by atoms with Crippen LogP contribution < -0.4 is 0 Å². The smallest absolute Gasteiger partial charge is 0.317 e. The molecule has 0 unspecified atom stereocenters. The zero-order valence-corrected chi connectivity index (χ0v) is 16.3. The molecule has 0 amide bonds. The van der Waals surface area contributed by atoms with Gasteiger partial charge < -0.3 is 20.4 Å². The molecule has 0 aromatic heterocycles. The van der Waals surface area contributed by atoms with E-state index in [1.165, 1.54) is 0 Å². The van der Waals surface area contributed by atoms with Gasteiger partial charge in [0.05, 0.1) is 37.0 Å². The Morgan fingerprint density at radius 2 is 0.700 bits per heavy atom. The molecule has 0 spiro atoms. The van der Waals surface area contributed by atoms with Crippen molar-refractivity contribution in [3.05, 3.63) is 0 Å². The molecule has 1 aliphatic heterocycles. The Morgan fingerprint density at radius 3 is 0.867 bits per heavy atom. The Kier molecular flexibility index (Phi) is 7.16. The number of rotatable bonds is 8. The van der Waals surface area contributed by atoms with Crippen molar-refractivity contribution < 1.29 is 50.6 Å². The molecule has 12 heteroatoms. The predicted octanol–water partition coefficient (Wildman–Crippen LogP) is -1.67. The van der Waals surface area contributed by atoms with Crippen LogP contribution in [0.15, 0.2) is 0 Å². The summed E-state index contributed by atoms with van der Waals surface area (Å²) in [6.07, 6.45) is -0.394. The second kappa shape index (κ2) is 13.9. The summed E-state index contributed by atoms with van der Waals surface area (Å²) in [6, 6.07) is 0. The first kappa shape index (κ1) is 15.5. The Labute approximate surface area is 186 Å². The topological polar surface area (TPSA) is 162 Å². The fourth-order valence-corrected chi connectivity index (χ4v) is 2.82. The van der Waals surface area contributed by atoms with E-state index in [1.807, 2.05) is 0 Å². The number of carboxylic acids is 4. The van der Waals surface area contributed by atoms with Gasteiger partial charge in [-0.15, -0.1) is 0 Å². The van der Waals surface area contributed by atoms with Crippen LogP contribution in [0.25, 0.3) is 0 Å². The molecule has 0 atom stereocenters. The third-order valence-electron chi connectivity index (χ3n) is 4.01. The predicted molar refractivity (Wildman–Crippen MR) is 106 cm³/mol. The lowest BCUT2D eigenvalue weighted by Gasteiger charge is -2.30. The summed E-state index contributed by atoms with van der Waals surface area (Å²) in [5, 5.41) is 37.4. The Hall–Kier alpha value is -2.28. The number of aliphatic carboxylic acids is 4. The SMILES string of the molecule is [2H]C([2H])(C(=O)O)N1CCCN(C([2H])([2H])C(=O)O)CCN(C([2H])([2H])C(=O)O)CCCN(C([2H])([2H])C(=O)O)CC1. The zero-order chi connectivity index (χ0) is 29.7. The fourth-order valence-electron chi connectivity index (χ4n) is 2.82. The van der Waals surface area contributed by atoms with E-state index in [2.05, 4.69) is 0 Å². The van der Waals surface area contributed by atoms with Crippen LogP contribution in [0, 0.1) is 0 Å². The van der Waals surface area contributed by atoms with Gasteiger partial charge in [0.25, 0.3) is 0 Å². The van der Waals surface area contributed by atoms with Crippen molar-refractivity contribution in [2.75, 3.05) is 78.3 Å². The van der Waals surface area contributed by atoms with Gasteiger partial charge in [-0.1, -0.05) is 0 Å². The molecule has 0 aromatic carbocycles. The van der Waals surface area contributed by atoms with Crippen LogP contribution >= 0.6 is 0 Å². The average Bonchev–Trinajstić information content (AvgIpc) is 2.78. The first-order valence-electron chi connectivity index (χ1n) is 13.1. The molecule has 1 heterocycles. The van der Waals surface area contributed by atoms with Crippen molar-refractivity contribution in [3.63, 3.8) is 0 Å². The minimum Gasteiger partial charge on any atom is -0.480 e. The van der Waals surface area contributed by atoms with Gasteiger partial charge in [-0.05, 0) is 12.8 Å². The highest BCUT2D eigenvalue weighted by atomic mass is 16.4. The molecule has 1 saturated heterocycles. The van der Waals surface area contributed by atoms with Crippen molar-refractivity contribution in [1.82, 2.24) is 19.6 Å². The number of hydrogen-bond donors (Lipinski definition) is 4. The van der Waals surface area contributed by atoms with E-state index in [9.17, 15) is 39.6 Å². The van der Waals surface area contributed by atoms with E-state index < -0.39 is 76.0 Å². The van der Waals surface area contributed by atoms with E-state index in [0.29, 0.717) is 0 Å². The maximum Gasteiger partial charge on any atom is 0.317 e. The summed E-state index contributed by atoms with van der Waals surface area (Å²) < 4.78 is 63.3. The second-order valence-electron chi connectivity index (χ2n) is 6.32. The van der Waals surface area contributed by atoms with Crippen molar-refractivity contribution >= 4 is 23.9 Å². The average molecular weight is 441 g/mol. The van der Waals surface area contributed by atoms with Crippen molar-refractivity contribution in [2.24, 2.45) is 0 Å². The number of hydrogen-bond acceptors (Lipinski definition) is 8. The minimum atomic E-state index is -2.98. The number of nitrogens with zero attached hydrogens (tertiary/aromatic N) is 4. The molecule has 0 aromatic rings. The van der Waals surface area contributed by atoms with Crippen LogP contribution in [-0.4, -0.2) is 142 Å². The van der Waals surface area contributed by atoms with Crippen molar-refractivity contribution in [2.45, 2.75) is 12.8 Å². The van der Waals surface area contributed by atoms with Gasteiger partial charge in [0.15, 0.2) is 0 Å². The lowest BCUT2D eigenvalue weighted by Crippen LogP contribution is -2.44. The summed E-state index contributed by atoms with van der Waals surface area (Å²) in [6.45, 7) is -15.4. The van der Waals surface area contributed by atoms with Crippen molar-refractivity contribution in [1.29, 1.82) is 0 Å². The van der Waals surface area contributed by atoms with Crippen LogP contribution in [0.2, 0.25) is 0 Å². The Balaban J connectivity index is 3.45. The molecule has 1 fully saturated rings. The maximum atomic E-state index is 11.5. The van der Waals surface area contributed by atoms with E-state index in [0.717, 1.165) is 19.6 Å². The van der Waals surface area contributed by atoms with E-state index in [4.69, 9.17) is 11.0 Å². The molecule has 1 rings (SSSR count). The van der Waals surface area contributed by atoms with Gasteiger partial charge in [-0.3, -0.25) is 38.8 Å².